The number of carbonyl (C=O) groups excluding carboxylic acids is 1. The first-order chi connectivity index (χ1) is 13.9. The normalized spacial score (nSPS) is 11.2. The van der Waals surface area contributed by atoms with Gasteiger partial charge in [-0.15, -0.1) is 11.3 Å². The molecule has 3 aromatic heterocycles. The minimum atomic E-state index is -0.310. The van der Waals surface area contributed by atoms with Gasteiger partial charge in [-0.3, -0.25) is 19.5 Å². The van der Waals surface area contributed by atoms with Crippen LogP contribution in [-0.2, 0) is 0 Å². The monoisotopic (exact) mass is 408 g/mol. The van der Waals surface area contributed by atoms with E-state index in [0.717, 1.165) is 16.0 Å². The quantitative estimate of drug-likeness (QED) is 0.520. The summed E-state index contributed by atoms with van der Waals surface area (Å²) in [5.74, 6) is 0.421. The highest BCUT2D eigenvalue weighted by molar-refractivity contribution is 7.15. The molecule has 0 saturated heterocycles. The molecule has 0 spiro atoms. The van der Waals surface area contributed by atoms with Crippen molar-refractivity contribution in [3.8, 4) is 11.4 Å². The summed E-state index contributed by atoms with van der Waals surface area (Å²) in [7, 11) is 0. The minimum Gasteiger partial charge on any atom is -0.491 e. The highest BCUT2D eigenvalue weighted by Crippen LogP contribution is 2.22. The maximum atomic E-state index is 12.6. The molecule has 0 bridgehead atoms. The second-order valence-corrected chi connectivity index (χ2v) is 8.12. The summed E-state index contributed by atoms with van der Waals surface area (Å²) >= 11 is 1.40. The van der Waals surface area contributed by atoms with E-state index in [9.17, 15) is 9.59 Å². The Labute approximate surface area is 171 Å². The fourth-order valence-corrected chi connectivity index (χ4v) is 3.68. The predicted molar refractivity (Wildman–Crippen MR) is 114 cm³/mol. The molecule has 0 aliphatic heterocycles. The number of pyridine rings is 1. The summed E-state index contributed by atoms with van der Waals surface area (Å²) in [5.41, 5.74) is 1.39. The fourth-order valence-electron chi connectivity index (χ4n) is 3.02. The van der Waals surface area contributed by atoms with Crippen LogP contribution in [0.25, 0.3) is 16.7 Å². The fraction of sp³-hybridized carbons (Fsp3) is 0.190. The molecular weight excluding hydrogens is 388 g/mol. The van der Waals surface area contributed by atoms with Crippen molar-refractivity contribution in [1.29, 1.82) is 0 Å². The molecule has 4 rings (SSSR count). The highest BCUT2D eigenvalue weighted by atomic mass is 32.1. The molecule has 0 fully saturated rings. The molecule has 0 atom stereocenters. The second-order valence-electron chi connectivity index (χ2n) is 6.88. The second kappa shape index (κ2) is 7.56. The van der Waals surface area contributed by atoms with Gasteiger partial charge in [0, 0.05) is 22.5 Å². The van der Waals surface area contributed by atoms with E-state index in [0.29, 0.717) is 22.2 Å². The summed E-state index contributed by atoms with van der Waals surface area (Å²) in [6.45, 7) is 5.84. The first-order valence-electron chi connectivity index (χ1n) is 9.16. The van der Waals surface area contributed by atoms with Crippen molar-refractivity contribution in [1.82, 2.24) is 14.5 Å². The summed E-state index contributed by atoms with van der Waals surface area (Å²) in [6, 6.07) is 12.2. The Morgan fingerprint density at radius 1 is 1.21 bits per heavy atom. The van der Waals surface area contributed by atoms with Gasteiger partial charge in [-0.25, -0.2) is 4.98 Å². The highest BCUT2D eigenvalue weighted by Gasteiger charge is 2.15. The molecule has 0 aliphatic carbocycles. The van der Waals surface area contributed by atoms with Gasteiger partial charge in [0.1, 0.15) is 17.1 Å². The number of benzene rings is 1. The lowest BCUT2D eigenvalue weighted by Gasteiger charge is -2.11. The third-order valence-electron chi connectivity index (χ3n) is 4.23. The molecule has 29 heavy (non-hydrogen) atoms. The number of carbonyl (C=O) groups is 1. The molecule has 0 aliphatic rings. The number of H-pyrrole nitrogens is 1. The zero-order valence-electron chi connectivity index (χ0n) is 16.2. The predicted octanol–water partition coefficient (Wildman–Crippen LogP) is 4.12. The van der Waals surface area contributed by atoms with Gasteiger partial charge in [-0.05, 0) is 57.2 Å². The van der Waals surface area contributed by atoms with Crippen LogP contribution in [-0.4, -0.2) is 26.5 Å². The Hall–Kier alpha value is -3.39. The number of anilines is 1. The number of nitrogens with one attached hydrogen (secondary N) is 2. The van der Waals surface area contributed by atoms with Crippen molar-refractivity contribution in [2.45, 2.75) is 26.9 Å². The molecule has 148 valence electrons. The molecule has 0 unspecified atom stereocenters. The average Bonchev–Trinajstić information content (AvgIpc) is 3.28. The van der Waals surface area contributed by atoms with E-state index in [1.54, 1.807) is 22.9 Å². The van der Waals surface area contributed by atoms with Crippen molar-refractivity contribution in [3.05, 3.63) is 69.6 Å². The van der Waals surface area contributed by atoms with Gasteiger partial charge in [0.15, 0.2) is 5.13 Å². The number of aromatic nitrogens is 3. The Kier molecular flexibility index (Phi) is 4.94. The summed E-state index contributed by atoms with van der Waals surface area (Å²) < 4.78 is 7.20. The largest absolute Gasteiger partial charge is 0.491 e. The van der Waals surface area contributed by atoms with Gasteiger partial charge in [0.2, 0.25) is 0 Å². The number of nitrogens with zero attached hydrogens (tertiary/aromatic N) is 2. The lowest BCUT2D eigenvalue weighted by molar-refractivity contribution is 0.102. The van der Waals surface area contributed by atoms with Crippen LogP contribution in [0.5, 0.6) is 5.75 Å². The first-order valence-corrected chi connectivity index (χ1v) is 9.98. The molecule has 0 radical (unpaired) electrons. The molecular formula is C21H20N4O3S. The number of thiazole rings is 1. The van der Waals surface area contributed by atoms with Crippen molar-refractivity contribution in [2.75, 3.05) is 5.32 Å². The maximum Gasteiger partial charge on any atom is 0.273 e. The first kappa shape index (κ1) is 18.9. The Morgan fingerprint density at radius 3 is 2.62 bits per heavy atom. The number of fused-ring (bicyclic) bond motifs is 1. The van der Waals surface area contributed by atoms with Crippen molar-refractivity contribution >= 4 is 33.4 Å². The molecule has 2 N–H and O–H groups in total. The lowest BCUT2D eigenvalue weighted by atomic mass is 10.2. The van der Waals surface area contributed by atoms with Crippen LogP contribution in [0.1, 0.15) is 29.2 Å². The summed E-state index contributed by atoms with van der Waals surface area (Å²) in [6.07, 6.45) is 1.77. The molecule has 0 saturated carbocycles. The van der Waals surface area contributed by atoms with E-state index in [-0.39, 0.29) is 17.6 Å². The zero-order valence-corrected chi connectivity index (χ0v) is 17.0. The van der Waals surface area contributed by atoms with Crippen LogP contribution < -0.4 is 15.6 Å². The van der Waals surface area contributed by atoms with E-state index >= 15 is 0 Å². The van der Waals surface area contributed by atoms with Gasteiger partial charge in [0.05, 0.1) is 11.8 Å². The Balaban J connectivity index is 1.70. The standard InChI is InChI=1S/C21H20N4O3S/c1-12(2)28-16-7-5-15(6-8-16)25-18(26)9-4-14-10-17(23-19(14)25)20(27)24-21-22-11-13(3)29-21/h4-12,23H,1-3H3,(H,22,24,27). The Morgan fingerprint density at radius 2 is 1.97 bits per heavy atom. The summed E-state index contributed by atoms with van der Waals surface area (Å²) in [4.78, 5) is 33.4. The van der Waals surface area contributed by atoms with Crippen LogP contribution in [0.15, 0.2) is 53.5 Å². The van der Waals surface area contributed by atoms with Gasteiger partial charge in [0.25, 0.3) is 11.5 Å². The van der Waals surface area contributed by atoms with E-state index in [2.05, 4.69) is 15.3 Å². The lowest BCUT2D eigenvalue weighted by Crippen LogP contribution is -2.17. The van der Waals surface area contributed by atoms with Crippen LogP contribution in [0, 0.1) is 6.92 Å². The van der Waals surface area contributed by atoms with Gasteiger partial charge in [-0.1, -0.05) is 0 Å². The smallest absolute Gasteiger partial charge is 0.273 e. The van der Waals surface area contributed by atoms with Gasteiger partial charge in [-0.2, -0.15) is 0 Å². The molecule has 1 amide bonds. The molecule has 3 heterocycles. The number of aromatic amines is 1. The minimum absolute atomic E-state index is 0.0677. The molecule has 4 aromatic rings. The van der Waals surface area contributed by atoms with Crippen molar-refractivity contribution < 1.29 is 9.53 Å². The molecule has 8 heteroatoms. The van der Waals surface area contributed by atoms with Gasteiger partial charge >= 0.3 is 0 Å². The van der Waals surface area contributed by atoms with E-state index in [1.807, 2.05) is 45.0 Å². The van der Waals surface area contributed by atoms with Crippen LogP contribution in [0.4, 0.5) is 5.13 Å². The zero-order chi connectivity index (χ0) is 20.5. The van der Waals surface area contributed by atoms with E-state index < -0.39 is 0 Å². The Bertz CT molecular complexity index is 1240. The number of ether oxygens (including phenoxy) is 1. The van der Waals surface area contributed by atoms with Crippen LogP contribution >= 0.6 is 11.3 Å². The number of hydrogen-bond acceptors (Lipinski definition) is 5. The molecule has 7 nitrogen and oxygen atoms in total. The van der Waals surface area contributed by atoms with Crippen molar-refractivity contribution in [3.63, 3.8) is 0 Å². The van der Waals surface area contributed by atoms with Gasteiger partial charge < -0.3 is 9.72 Å². The average molecular weight is 408 g/mol. The molecule has 1 aromatic carbocycles. The maximum absolute atomic E-state index is 12.6. The number of rotatable bonds is 5. The number of amides is 1. The third-order valence-corrected chi connectivity index (χ3v) is 5.06. The summed E-state index contributed by atoms with van der Waals surface area (Å²) in [5, 5.41) is 4.06. The third kappa shape index (κ3) is 3.93. The van der Waals surface area contributed by atoms with E-state index in [1.165, 1.54) is 17.4 Å². The van der Waals surface area contributed by atoms with Crippen LogP contribution in [0.3, 0.4) is 0 Å². The number of aryl methyl sites for hydroxylation is 1. The SMILES string of the molecule is Cc1cnc(NC(=O)c2cc3ccc(=O)n(-c4ccc(OC(C)C)cc4)c3[nH]2)s1. The van der Waals surface area contributed by atoms with E-state index in [4.69, 9.17) is 4.74 Å². The number of hydrogen-bond donors (Lipinski definition) is 2. The van der Waals surface area contributed by atoms with Crippen molar-refractivity contribution in [2.24, 2.45) is 0 Å². The topological polar surface area (TPSA) is 89.0 Å². The van der Waals surface area contributed by atoms with Crippen LogP contribution in [0.2, 0.25) is 0 Å².